The SMILES string of the molecule is CCOCC(C(C)C)n1cncc1CCNC(=O)OC(C)(C)C. The van der Waals surface area contributed by atoms with Crippen molar-refractivity contribution in [2.45, 2.75) is 59.6 Å². The predicted octanol–water partition coefficient (Wildman–Crippen LogP) is 3.18. The van der Waals surface area contributed by atoms with Crippen LogP contribution in [-0.4, -0.2) is 41.0 Å². The summed E-state index contributed by atoms with van der Waals surface area (Å²) in [6, 6.07) is 0.244. The van der Waals surface area contributed by atoms with Crippen LogP contribution >= 0.6 is 0 Å². The third kappa shape index (κ3) is 7.03. The van der Waals surface area contributed by atoms with Crippen LogP contribution < -0.4 is 5.32 Å². The molecule has 0 bridgehead atoms. The smallest absolute Gasteiger partial charge is 0.407 e. The molecule has 23 heavy (non-hydrogen) atoms. The van der Waals surface area contributed by atoms with Gasteiger partial charge in [0.2, 0.25) is 0 Å². The van der Waals surface area contributed by atoms with Crippen molar-refractivity contribution in [2.24, 2.45) is 5.92 Å². The van der Waals surface area contributed by atoms with Gasteiger partial charge in [0.05, 0.1) is 19.0 Å². The summed E-state index contributed by atoms with van der Waals surface area (Å²) in [5.74, 6) is 0.438. The number of rotatable bonds is 8. The molecule has 1 amide bonds. The molecule has 6 nitrogen and oxygen atoms in total. The molecule has 132 valence electrons. The fourth-order valence-corrected chi connectivity index (χ4v) is 2.26. The summed E-state index contributed by atoms with van der Waals surface area (Å²) in [7, 11) is 0. The monoisotopic (exact) mass is 325 g/mol. The van der Waals surface area contributed by atoms with E-state index in [1.807, 2.05) is 40.2 Å². The van der Waals surface area contributed by atoms with E-state index in [4.69, 9.17) is 9.47 Å². The van der Waals surface area contributed by atoms with Crippen LogP contribution in [0.25, 0.3) is 0 Å². The number of carbonyl (C=O) groups excluding carboxylic acids is 1. The molecule has 1 aromatic heterocycles. The molecule has 0 saturated carbocycles. The second-order valence-corrected chi connectivity index (χ2v) is 6.94. The Morgan fingerprint density at radius 3 is 2.65 bits per heavy atom. The van der Waals surface area contributed by atoms with Crippen LogP contribution in [0.2, 0.25) is 0 Å². The average molecular weight is 325 g/mol. The fraction of sp³-hybridized carbons (Fsp3) is 0.765. The first kappa shape index (κ1) is 19.5. The lowest BCUT2D eigenvalue weighted by Gasteiger charge is -2.24. The van der Waals surface area contributed by atoms with E-state index in [-0.39, 0.29) is 6.04 Å². The number of ether oxygens (including phenoxy) is 2. The Morgan fingerprint density at radius 2 is 2.09 bits per heavy atom. The Labute approximate surface area is 139 Å². The second kappa shape index (κ2) is 8.91. The second-order valence-electron chi connectivity index (χ2n) is 6.94. The van der Waals surface area contributed by atoms with Gasteiger partial charge in [-0.1, -0.05) is 13.8 Å². The van der Waals surface area contributed by atoms with Gasteiger partial charge in [-0.15, -0.1) is 0 Å². The molecule has 0 aliphatic heterocycles. The summed E-state index contributed by atoms with van der Waals surface area (Å²) in [6.45, 7) is 13.8. The summed E-state index contributed by atoms with van der Waals surface area (Å²) in [5, 5.41) is 2.78. The van der Waals surface area contributed by atoms with E-state index in [0.29, 0.717) is 32.1 Å². The van der Waals surface area contributed by atoms with Crippen LogP contribution in [0.5, 0.6) is 0 Å². The lowest BCUT2D eigenvalue weighted by molar-refractivity contribution is 0.0527. The van der Waals surface area contributed by atoms with Gasteiger partial charge >= 0.3 is 6.09 Å². The zero-order valence-corrected chi connectivity index (χ0v) is 15.3. The van der Waals surface area contributed by atoms with Crippen molar-refractivity contribution >= 4 is 6.09 Å². The Balaban J connectivity index is 2.58. The first-order valence-corrected chi connectivity index (χ1v) is 8.30. The van der Waals surface area contributed by atoms with Gasteiger partial charge in [-0.05, 0) is 33.6 Å². The Hall–Kier alpha value is -1.56. The molecule has 1 rings (SSSR count). The van der Waals surface area contributed by atoms with E-state index in [0.717, 1.165) is 5.69 Å². The summed E-state index contributed by atoms with van der Waals surface area (Å²) < 4.78 is 13.0. The standard InChI is InChI=1S/C17H31N3O3/c1-7-22-11-15(13(2)3)20-12-18-10-14(20)8-9-19-16(21)23-17(4,5)6/h10,12-13,15H,7-9,11H2,1-6H3,(H,19,21). The predicted molar refractivity (Wildman–Crippen MR) is 90.5 cm³/mol. The number of amides is 1. The van der Waals surface area contributed by atoms with Crippen molar-refractivity contribution in [3.8, 4) is 0 Å². The maximum Gasteiger partial charge on any atom is 0.407 e. The minimum Gasteiger partial charge on any atom is -0.444 e. The fourth-order valence-electron chi connectivity index (χ4n) is 2.26. The normalized spacial score (nSPS) is 13.2. The largest absolute Gasteiger partial charge is 0.444 e. The molecule has 0 saturated heterocycles. The molecule has 1 unspecified atom stereocenters. The number of nitrogens with zero attached hydrogens (tertiary/aromatic N) is 2. The van der Waals surface area contributed by atoms with E-state index < -0.39 is 11.7 Å². The third-order valence-corrected chi connectivity index (χ3v) is 3.42. The molecule has 0 spiro atoms. The maximum absolute atomic E-state index is 11.7. The van der Waals surface area contributed by atoms with Crippen molar-refractivity contribution in [1.82, 2.24) is 14.9 Å². The summed E-state index contributed by atoms with van der Waals surface area (Å²) in [6.07, 6.45) is 4.00. The number of alkyl carbamates (subject to hydrolysis) is 1. The van der Waals surface area contributed by atoms with Crippen molar-refractivity contribution in [3.05, 3.63) is 18.2 Å². The highest BCUT2D eigenvalue weighted by molar-refractivity contribution is 5.67. The van der Waals surface area contributed by atoms with Gasteiger partial charge in [-0.25, -0.2) is 9.78 Å². The van der Waals surface area contributed by atoms with E-state index in [1.165, 1.54) is 0 Å². The maximum atomic E-state index is 11.7. The van der Waals surface area contributed by atoms with Gasteiger partial charge in [-0.2, -0.15) is 0 Å². The topological polar surface area (TPSA) is 65.4 Å². The number of hydrogen-bond donors (Lipinski definition) is 1. The molecule has 1 heterocycles. The summed E-state index contributed by atoms with van der Waals surface area (Å²) in [5.41, 5.74) is 0.603. The van der Waals surface area contributed by atoms with Crippen molar-refractivity contribution < 1.29 is 14.3 Å². The molecule has 1 N–H and O–H groups in total. The van der Waals surface area contributed by atoms with Crippen LogP contribution in [0, 0.1) is 5.92 Å². The lowest BCUT2D eigenvalue weighted by atomic mass is 10.0. The molecule has 1 atom stereocenters. The minimum absolute atomic E-state index is 0.244. The molecule has 0 aromatic carbocycles. The molecule has 1 aromatic rings. The number of nitrogens with one attached hydrogen (secondary N) is 1. The third-order valence-electron chi connectivity index (χ3n) is 3.42. The average Bonchev–Trinajstić information content (AvgIpc) is 2.85. The zero-order valence-electron chi connectivity index (χ0n) is 15.3. The van der Waals surface area contributed by atoms with Crippen LogP contribution in [0.4, 0.5) is 4.79 Å². The van der Waals surface area contributed by atoms with Gasteiger partial charge in [0.15, 0.2) is 0 Å². The van der Waals surface area contributed by atoms with Crippen LogP contribution in [0.1, 0.15) is 53.3 Å². The molecule has 6 heteroatoms. The lowest BCUT2D eigenvalue weighted by Crippen LogP contribution is -2.34. The number of carbonyl (C=O) groups is 1. The molecule has 0 aliphatic carbocycles. The molecular weight excluding hydrogens is 294 g/mol. The van der Waals surface area contributed by atoms with Gasteiger partial charge in [0.1, 0.15) is 5.60 Å². The number of imidazole rings is 1. The first-order valence-electron chi connectivity index (χ1n) is 8.30. The van der Waals surface area contributed by atoms with Crippen LogP contribution in [-0.2, 0) is 15.9 Å². The first-order chi connectivity index (χ1) is 10.7. The van der Waals surface area contributed by atoms with E-state index in [1.54, 1.807) is 0 Å². The number of aromatic nitrogens is 2. The van der Waals surface area contributed by atoms with Crippen molar-refractivity contribution in [1.29, 1.82) is 0 Å². The van der Waals surface area contributed by atoms with Crippen molar-refractivity contribution in [2.75, 3.05) is 19.8 Å². The molecule has 0 fully saturated rings. The molecule has 0 radical (unpaired) electrons. The molecule has 0 aliphatic rings. The Bertz CT molecular complexity index is 478. The van der Waals surface area contributed by atoms with Gasteiger partial charge < -0.3 is 19.4 Å². The highest BCUT2D eigenvalue weighted by Crippen LogP contribution is 2.20. The Kier molecular flexibility index (Phi) is 7.55. The van der Waals surface area contributed by atoms with Gasteiger partial charge in [0, 0.05) is 31.5 Å². The zero-order chi connectivity index (χ0) is 17.5. The van der Waals surface area contributed by atoms with E-state index >= 15 is 0 Å². The highest BCUT2D eigenvalue weighted by atomic mass is 16.6. The summed E-state index contributed by atoms with van der Waals surface area (Å²) >= 11 is 0. The minimum atomic E-state index is -0.480. The molecular formula is C17H31N3O3. The van der Waals surface area contributed by atoms with Crippen LogP contribution in [0.15, 0.2) is 12.5 Å². The van der Waals surface area contributed by atoms with E-state index in [9.17, 15) is 4.79 Å². The highest BCUT2D eigenvalue weighted by Gasteiger charge is 2.19. The van der Waals surface area contributed by atoms with Crippen molar-refractivity contribution in [3.63, 3.8) is 0 Å². The van der Waals surface area contributed by atoms with E-state index in [2.05, 4.69) is 28.7 Å². The van der Waals surface area contributed by atoms with Crippen LogP contribution in [0.3, 0.4) is 0 Å². The van der Waals surface area contributed by atoms with Gasteiger partial charge in [-0.3, -0.25) is 0 Å². The quantitative estimate of drug-likeness (QED) is 0.797. The summed E-state index contributed by atoms with van der Waals surface area (Å²) in [4.78, 5) is 15.9. The van der Waals surface area contributed by atoms with Gasteiger partial charge in [0.25, 0.3) is 0 Å². The Morgan fingerprint density at radius 1 is 1.39 bits per heavy atom. The number of hydrogen-bond acceptors (Lipinski definition) is 4.